The van der Waals surface area contributed by atoms with Gasteiger partial charge in [-0.05, 0) is 27.2 Å². The maximum absolute atomic E-state index is 11.9. The zero-order valence-corrected chi connectivity index (χ0v) is 13.8. The summed E-state index contributed by atoms with van der Waals surface area (Å²) in [5, 5.41) is 10.2. The second kappa shape index (κ2) is 7.61. The molecule has 0 bridgehead atoms. The van der Waals surface area contributed by atoms with Crippen LogP contribution in [0, 0.1) is 11.3 Å². The minimum absolute atomic E-state index is 0.0620. The lowest BCUT2D eigenvalue weighted by Gasteiger charge is -2.24. The van der Waals surface area contributed by atoms with E-state index in [1.165, 1.54) is 0 Å². The molecule has 21 heavy (non-hydrogen) atoms. The largest absolute Gasteiger partial charge is 0.444 e. The first-order valence-electron chi connectivity index (χ1n) is 6.69. The molecule has 0 aromatic heterocycles. The Bertz CT molecular complexity index is 416. The first-order chi connectivity index (χ1) is 9.73. The van der Waals surface area contributed by atoms with E-state index >= 15 is 0 Å². The normalized spacial score (nSPS) is 18.8. The van der Waals surface area contributed by atoms with Crippen LogP contribution in [0.1, 0.15) is 27.2 Å². The summed E-state index contributed by atoms with van der Waals surface area (Å²) in [6.07, 6.45) is -0.437. The topological polar surface area (TPSA) is 104 Å². The number of hydrogen-bond donors (Lipinski definition) is 3. The minimum atomic E-state index is -0.664. The molecule has 2 amide bonds. The summed E-state index contributed by atoms with van der Waals surface area (Å²) in [4.78, 5) is 27.5. The summed E-state index contributed by atoms with van der Waals surface area (Å²) < 4.78 is 10.1. The smallest absolute Gasteiger partial charge is 0.416 e. The fourth-order valence-electron chi connectivity index (χ4n) is 1.82. The van der Waals surface area contributed by atoms with E-state index in [4.69, 9.17) is 14.7 Å². The molecule has 8 nitrogen and oxygen atoms in total. The van der Waals surface area contributed by atoms with E-state index in [9.17, 15) is 9.59 Å². The van der Waals surface area contributed by atoms with Gasteiger partial charge in [0.05, 0.1) is 0 Å². The van der Waals surface area contributed by atoms with Crippen molar-refractivity contribution in [2.24, 2.45) is 5.92 Å². The number of carbonyl (C=O) groups is 2. The zero-order chi connectivity index (χ0) is 16.0. The zero-order valence-electron chi connectivity index (χ0n) is 12.8. The highest BCUT2D eigenvalue weighted by Crippen LogP contribution is 2.20. The molecule has 1 rings (SSSR count). The quantitative estimate of drug-likeness (QED) is 0.306. The van der Waals surface area contributed by atoms with Gasteiger partial charge in [0, 0.05) is 19.0 Å². The molecule has 3 N–H and O–H groups in total. The van der Waals surface area contributed by atoms with Crippen molar-refractivity contribution < 1.29 is 18.8 Å². The Kier molecular flexibility index (Phi) is 6.42. The van der Waals surface area contributed by atoms with Crippen molar-refractivity contribution in [3.05, 3.63) is 0 Å². The van der Waals surface area contributed by atoms with Crippen LogP contribution in [-0.4, -0.2) is 49.6 Å². The van der Waals surface area contributed by atoms with Crippen molar-refractivity contribution >= 4 is 35.0 Å². The third-order valence-corrected chi connectivity index (χ3v) is 3.22. The lowest BCUT2D eigenvalue weighted by molar-refractivity contribution is 0.0292. The Labute approximate surface area is 127 Å². The molecule has 1 aliphatic heterocycles. The molecule has 10 heteroatoms. The molecule has 0 aromatic rings. The highest BCUT2D eigenvalue weighted by atomic mass is 31.1. The van der Waals surface area contributed by atoms with Crippen LogP contribution in [0.2, 0.25) is 0 Å². The standard InChI is InChI=1S/C11H22BN4O4P/c1-11(2,3)19-10(18)16-5-4-7(6-16)8(13)14-9(17)20-21-15-12/h7,15,21H,4-6,12H2,1-3H3,(H2,13,14,17)/t7-/m1/s1. The summed E-state index contributed by atoms with van der Waals surface area (Å²) >= 11 is 0. The maximum atomic E-state index is 11.9. The van der Waals surface area contributed by atoms with E-state index in [2.05, 4.69) is 10.3 Å². The summed E-state index contributed by atoms with van der Waals surface area (Å²) in [6, 6.07) is 0. The minimum Gasteiger partial charge on any atom is -0.444 e. The van der Waals surface area contributed by atoms with E-state index in [0.29, 0.717) is 19.5 Å². The van der Waals surface area contributed by atoms with Gasteiger partial charge in [0.2, 0.25) is 0 Å². The van der Waals surface area contributed by atoms with Gasteiger partial charge in [-0.3, -0.25) is 10.7 Å². The molecule has 1 unspecified atom stereocenters. The average molecular weight is 316 g/mol. The van der Waals surface area contributed by atoms with Crippen LogP contribution in [0.5, 0.6) is 0 Å². The second-order valence-electron chi connectivity index (χ2n) is 5.69. The van der Waals surface area contributed by atoms with Crippen LogP contribution < -0.4 is 10.3 Å². The highest BCUT2D eigenvalue weighted by molar-refractivity contribution is 7.32. The highest BCUT2D eigenvalue weighted by Gasteiger charge is 2.32. The van der Waals surface area contributed by atoms with Crippen molar-refractivity contribution in [1.29, 1.82) is 5.41 Å². The lowest BCUT2D eigenvalue weighted by Crippen LogP contribution is -2.38. The molecular weight excluding hydrogens is 294 g/mol. The number of rotatable bonds is 3. The number of hydrogen-bond acceptors (Lipinski definition) is 6. The monoisotopic (exact) mass is 316 g/mol. The molecule has 2 atom stereocenters. The summed E-state index contributed by atoms with van der Waals surface area (Å²) in [5.74, 6) is -0.144. The SMILES string of the molecule is BNPOC(=O)NC(=N)[C@@H]1CCN(C(=O)OC(C)(C)C)C1. The summed E-state index contributed by atoms with van der Waals surface area (Å²) in [5.41, 5.74) is -0.543. The van der Waals surface area contributed by atoms with Crippen LogP contribution in [0.4, 0.5) is 9.59 Å². The number of nitrogens with one attached hydrogen (secondary N) is 3. The van der Waals surface area contributed by atoms with Gasteiger partial charge >= 0.3 is 12.2 Å². The second-order valence-corrected chi connectivity index (χ2v) is 6.60. The molecule has 0 aliphatic carbocycles. The number of amidine groups is 1. The van der Waals surface area contributed by atoms with Crippen LogP contribution in [-0.2, 0) is 9.26 Å². The fraction of sp³-hybridized carbons (Fsp3) is 0.727. The molecule has 1 aliphatic rings. The van der Waals surface area contributed by atoms with Gasteiger partial charge in [-0.2, -0.15) is 0 Å². The van der Waals surface area contributed by atoms with Gasteiger partial charge in [-0.25, -0.2) is 9.59 Å². The van der Waals surface area contributed by atoms with Crippen LogP contribution in [0.3, 0.4) is 0 Å². The molecule has 1 fully saturated rings. The van der Waals surface area contributed by atoms with Crippen LogP contribution >= 0.6 is 8.96 Å². The van der Waals surface area contributed by atoms with E-state index in [0.717, 1.165) is 0 Å². The van der Waals surface area contributed by atoms with Gasteiger partial charge in [0.1, 0.15) is 20.4 Å². The summed E-state index contributed by atoms with van der Waals surface area (Å²) in [6.45, 7) is 6.29. The van der Waals surface area contributed by atoms with E-state index in [1.54, 1.807) is 33.7 Å². The predicted molar refractivity (Wildman–Crippen MR) is 83.3 cm³/mol. The van der Waals surface area contributed by atoms with Crippen molar-refractivity contribution in [3.8, 4) is 0 Å². The molecule has 1 heterocycles. The van der Waals surface area contributed by atoms with Crippen molar-refractivity contribution in [2.45, 2.75) is 32.8 Å². The number of amides is 2. The number of nitrogens with zero attached hydrogens (tertiary/aromatic N) is 1. The molecule has 1 saturated heterocycles. The molecular formula is C11H22BN4O4P. The van der Waals surface area contributed by atoms with Crippen molar-refractivity contribution in [1.82, 2.24) is 15.2 Å². The third kappa shape index (κ3) is 6.31. The van der Waals surface area contributed by atoms with Crippen LogP contribution in [0.15, 0.2) is 0 Å². The van der Waals surface area contributed by atoms with Gasteiger partial charge in [-0.1, -0.05) is 0 Å². The fourth-order valence-corrected chi connectivity index (χ4v) is 2.07. The Hall–Kier alpha value is -1.34. The third-order valence-electron chi connectivity index (χ3n) is 2.73. The predicted octanol–water partition coefficient (Wildman–Crippen LogP) is 0.593. The molecule has 118 valence electrons. The summed E-state index contributed by atoms with van der Waals surface area (Å²) in [7, 11) is 1.51. The Morgan fingerprint density at radius 1 is 1.43 bits per heavy atom. The molecule has 0 saturated carbocycles. The van der Waals surface area contributed by atoms with Gasteiger partial charge < -0.3 is 19.2 Å². The molecule has 0 radical (unpaired) electrons. The van der Waals surface area contributed by atoms with E-state index in [1.807, 2.05) is 0 Å². The first-order valence-corrected chi connectivity index (χ1v) is 7.59. The average Bonchev–Trinajstić information content (AvgIpc) is 2.84. The number of carbonyl (C=O) groups excluding carboxylic acids is 2. The van der Waals surface area contributed by atoms with Crippen LogP contribution in [0.25, 0.3) is 0 Å². The van der Waals surface area contributed by atoms with Gasteiger partial charge in [-0.15, -0.1) is 0 Å². The molecule has 0 spiro atoms. The lowest BCUT2D eigenvalue weighted by atomic mass is 10.1. The molecule has 0 aromatic carbocycles. The van der Waals surface area contributed by atoms with Gasteiger partial charge in [0.25, 0.3) is 0 Å². The number of likely N-dealkylation sites (tertiary alicyclic amines) is 1. The Balaban J connectivity index is 2.41. The number of ether oxygens (including phenoxy) is 1. The Morgan fingerprint density at radius 2 is 2.10 bits per heavy atom. The van der Waals surface area contributed by atoms with E-state index < -0.39 is 17.8 Å². The van der Waals surface area contributed by atoms with Crippen molar-refractivity contribution in [3.63, 3.8) is 0 Å². The first kappa shape index (κ1) is 17.7. The van der Waals surface area contributed by atoms with Crippen molar-refractivity contribution in [2.75, 3.05) is 13.1 Å². The van der Waals surface area contributed by atoms with Gasteiger partial charge in [0.15, 0.2) is 7.98 Å². The van der Waals surface area contributed by atoms with E-state index in [-0.39, 0.29) is 20.7 Å². The maximum Gasteiger partial charge on any atom is 0.416 e. The Morgan fingerprint density at radius 3 is 2.67 bits per heavy atom.